The monoisotopic (exact) mass is 279 g/mol. The second-order valence-electron chi connectivity index (χ2n) is 4.77. The molecule has 0 heterocycles. The standard InChI is InChI=1S/C19H21NO/c1-3-20-16(2)18-13-7-8-14-19(18)21-15-9-12-17-10-5-4-6-11-17/h4-8,10-11,13-14,16,20H,3,15H2,1-2H3. The van der Waals surface area contributed by atoms with Crippen molar-refractivity contribution < 1.29 is 4.74 Å². The molecule has 21 heavy (non-hydrogen) atoms. The zero-order valence-corrected chi connectivity index (χ0v) is 12.6. The highest BCUT2D eigenvalue weighted by atomic mass is 16.5. The summed E-state index contributed by atoms with van der Waals surface area (Å²) in [6.45, 7) is 5.57. The summed E-state index contributed by atoms with van der Waals surface area (Å²) in [6, 6.07) is 18.3. The summed E-state index contributed by atoms with van der Waals surface area (Å²) in [5, 5.41) is 3.40. The average Bonchev–Trinajstić information content (AvgIpc) is 2.53. The van der Waals surface area contributed by atoms with Crippen LogP contribution < -0.4 is 10.1 Å². The van der Waals surface area contributed by atoms with Gasteiger partial charge in [-0.1, -0.05) is 55.2 Å². The van der Waals surface area contributed by atoms with Gasteiger partial charge in [0.25, 0.3) is 0 Å². The predicted octanol–water partition coefficient (Wildman–Crippen LogP) is 3.79. The van der Waals surface area contributed by atoms with Crippen molar-refractivity contribution >= 4 is 0 Å². The summed E-state index contributed by atoms with van der Waals surface area (Å²) in [7, 11) is 0. The van der Waals surface area contributed by atoms with Gasteiger partial charge in [-0.05, 0) is 31.7 Å². The molecule has 0 spiro atoms. The van der Waals surface area contributed by atoms with Gasteiger partial charge < -0.3 is 10.1 Å². The van der Waals surface area contributed by atoms with Crippen LogP contribution in [0.15, 0.2) is 54.6 Å². The first kappa shape index (κ1) is 15.2. The highest BCUT2D eigenvalue weighted by Crippen LogP contribution is 2.24. The number of rotatable bonds is 5. The van der Waals surface area contributed by atoms with Crippen molar-refractivity contribution in [3.8, 4) is 17.6 Å². The molecule has 0 saturated heterocycles. The SMILES string of the molecule is CCNC(C)c1ccccc1OCC#Cc1ccccc1. The third kappa shape index (κ3) is 4.66. The Labute approximate surface area is 127 Å². The van der Waals surface area contributed by atoms with E-state index < -0.39 is 0 Å². The number of nitrogens with one attached hydrogen (secondary N) is 1. The van der Waals surface area contributed by atoms with Gasteiger partial charge in [0, 0.05) is 17.2 Å². The molecule has 1 unspecified atom stereocenters. The Kier molecular flexibility index (Phi) is 5.87. The maximum absolute atomic E-state index is 5.81. The highest BCUT2D eigenvalue weighted by molar-refractivity contribution is 5.37. The molecule has 2 aromatic carbocycles. The van der Waals surface area contributed by atoms with Gasteiger partial charge in [-0.25, -0.2) is 0 Å². The average molecular weight is 279 g/mol. The van der Waals surface area contributed by atoms with Crippen LogP contribution in [-0.4, -0.2) is 13.2 Å². The zero-order chi connectivity index (χ0) is 14.9. The molecule has 0 aliphatic rings. The van der Waals surface area contributed by atoms with E-state index in [0.29, 0.717) is 6.61 Å². The molecule has 0 aromatic heterocycles. The van der Waals surface area contributed by atoms with E-state index in [1.165, 1.54) is 5.56 Å². The van der Waals surface area contributed by atoms with Gasteiger partial charge in [0.15, 0.2) is 0 Å². The summed E-state index contributed by atoms with van der Waals surface area (Å²) in [5.41, 5.74) is 2.18. The Bertz CT molecular complexity index is 610. The van der Waals surface area contributed by atoms with Crippen LogP contribution in [0.1, 0.15) is 31.0 Å². The molecule has 0 aliphatic heterocycles. The van der Waals surface area contributed by atoms with Gasteiger partial charge >= 0.3 is 0 Å². The maximum Gasteiger partial charge on any atom is 0.149 e. The van der Waals surface area contributed by atoms with E-state index in [1.807, 2.05) is 48.5 Å². The number of hydrogen-bond acceptors (Lipinski definition) is 2. The molecular formula is C19H21NO. The molecule has 0 saturated carbocycles. The summed E-state index contributed by atoms with van der Waals surface area (Å²) in [5.74, 6) is 7.05. The summed E-state index contributed by atoms with van der Waals surface area (Å²) >= 11 is 0. The summed E-state index contributed by atoms with van der Waals surface area (Å²) in [6.07, 6.45) is 0. The Balaban J connectivity index is 1.99. The quantitative estimate of drug-likeness (QED) is 0.841. The smallest absolute Gasteiger partial charge is 0.149 e. The Morgan fingerprint density at radius 1 is 1.05 bits per heavy atom. The van der Waals surface area contributed by atoms with Crippen molar-refractivity contribution in [1.29, 1.82) is 0 Å². The van der Waals surface area contributed by atoms with Crippen LogP contribution in [0.4, 0.5) is 0 Å². The van der Waals surface area contributed by atoms with E-state index >= 15 is 0 Å². The number of hydrogen-bond donors (Lipinski definition) is 1. The second kappa shape index (κ2) is 8.14. The lowest BCUT2D eigenvalue weighted by atomic mass is 10.1. The molecule has 1 atom stereocenters. The van der Waals surface area contributed by atoms with E-state index in [4.69, 9.17) is 4.74 Å². The van der Waals surface area contributed by atoms with Gasteiger partial charge in [0.2, 0.25) is 0 Å². The zero-order valence-electron chi connectivity index (χ0n) is 12.6. The lowest BCUT2D eigenvalue weighted by molar-refractivity contribution is 0.361. The topological polar surface area (TPSA) is 21.3 Å². The van der Waals surface area contributed by atoms with Crippen LogP contribution >= 0.6 is 0 Å². The van der Waals surface area contributed by atoms with Gasteiger partial charge in [0.05, 0.1) is 0 Å². The van der Waals surface area contributed by atoms with Crippen molar-refractivity contribution in [2.24, 2.45) is 0 Å². The fraction of sp³-hybridized carbons (Fsp3) is 0.263. The Morgan fingerprint density at radius 2 is 1.76 bits per heavy atom. The number of para-hydroxylation sites is 1. The second-order valence-corrected chi connectivity index (χ2v) is 4.77. The van der Waals surface area contributed by atoms with Gasteiger partial charge in [-0.3, -0.25) is 0 Å². The van der Waals surface area contributed by atoms with Crippen LogP contribution in [-0.2, 0) is 0 Å². The van der Waals surface area contributed by atoms with Crippen LogP contribution in [0, 0.1) is 11.8 Å². The highest BCUT2D eigenvalue weighted by Gasteiger charge is 2.09. The van der Waals surface area contributed by atoms with Crippen molar-refractivity contribution in [2.75, 3.05) is 13.2 Å². The normalized spacial score (nSPS) is 11.3. The van der Waals surface area contributed by atoms with E-state index in [0.717, 1.165) is 17.9 Å². The van der Waals surface area contributed by atoms with Crippen molar-refractivity contribution in [3.63, 3.8) is 0 Å². The third-order valence-electron chi connectivity index (χ3n) is 3.20. The molecule has 0 amide bonds. The van der Waals surface area contributed by atoms with Crippen LogP contribution in [0.5, 0.6) is 5.75 Å². The molecule has 0 fully saturated rings. The molecule has 2 rings (SSSR count). The molecule has 2 aromatic rings. The first-order chi connectivity index (χ1) is 10.3. The van der Waals surface area contributed by atoms with Crippen molar-refractivity contribution in [2.45, 2.75) is 19.9 Å². The first-order valence-corrected chi connectivity index (χ1v) is 7.30. The van der Waals surface area contributed by atoms with Gasteiger partial charge in [-0.2, -0.15) is 0 Å². The summed E-state index contributed by atoms with van der Waals surface area (Å²) < 4.78 is 5.81. The Morgan fingerprint density at radius 3 is 2.52 bits per heavy atom. The minimum atomic E-state index is 0.272. The van der Waals surface area contributed by atoms with Crippen LogP contribution in [0.3, 0.4) is 0 Å². The molecule has 2 nitrogen and oxygen atoms in total. The van der Waals surface area contributed by atoms with E-state index in [2.05, 4.69) is 37.1 Å². The fourth-order valence-electron chi connectivity index (χ4n) is 2.16. The van der Waals surface area contributed by atoms with E-state index in [9.17, 15) is 0 Å². The largest absolute Gasteiger partial charge is 0.481 e. The number of benzene rings is 2. The minimum Gasteiger partial charge on any atom is -0.481 e. The van der Waals surface area contributed by atoms with Gasteiger partial charge in [0.1, 0.15) is 12.4 Å². The van der Waals surface area contributed by atoms with Crippen molar-refractivity contribution in [3.05, 3.63) is 65.7 Å². The van der Waals surface area contributed by atoms with Crippen LogP contribution in [0.25, 0.3) is 0 Å². The Hall–Kier alpha value is -2.24. The molecule has 2 heteroatoms. The van der Waals surface area contributed by atoms with E-state index in [1.54, 1.807) is 0 Å². The molecule has 0 bridgehead atoms. The minimum absolute atomic E-state index is 0.272. The number of ether oxygens (including phenoxy) is 1. The molecule has 108 valence electrons. The third-order valence-corrected chi connectivity index (χ3v) is 3.20. The maximum atomic E-state index is 5.81. The van der Waals surface area contributed by atoms with E-state index in [-0.39, 0.29) is 6.04 Å². The first-order valence-electron chi connectivity index (χ1n) is 7.30. The molecule has 1 N–H and O–H groups in total. The lowest BCUT2D eigenvalue weighted by Crippen LogP contribution is -2.18. The van der Waals surface area contributed by atoms with Crippen molar-refractivity contribution in [1.82, 2.24) is 5.32 Å². The van der Waals surface area contributed by atoms with Crippen LogP contribution in [0.2, 0.25) is 0 Å². The molecular weight excluding hydrogens is 258 g/mol. The van der Waals surface area contributed by atoms with Gasteiger partial charge in [-0.15, -0.1) is 0 Å². The lowest BCUT2D eigenvalue weighted by Gasteiger charge is -2.16. The summed E-state index contributed by atoms with van der Waals surface area (Å²) in [4.78, 5) is 0. The predicted molar refractivity (Wildman–Crippen MR) is 87.3 cm³/mol. The molecule has 0 radical (unpaired) electrons. The molecule has 0 aliphatic carbocycles. The fourth-order valence-corrected chi connectivity index (χ4v) is 2.16.